The van der Waals surface area contributed by atoms with Gasteiger partial charge in [-0.05, 0) is 37.1 Å². The van der Waals surface area contributed by atoms with Crippen LogP contribution in [-0.4, -0.2) is 11.0 Å². The molecule has 0 saturated carbocycles. The first-order chi connectivity index (χ1) is 9.49. The maximum atomic E-state index is 11.9. The summed E-state index contributed by atoms with van der Waals surface area (Å²) in [5, 5.41) is 21.8. The molecule has 20 heavy (non-hydrogen) atoms. The number of amides is 1. The lowest BCUT2D eigenvalue weighted by molar-refractivity contribution is -0.112. The Bertz CT molecular complexity index is 600. The summed E-state index contributed by atoms with van der Waals surface area (Å²) in [5.74, 6) is -0.883. The zero-order valence-electron chi connectivity index (χ0n) is 11.1. The van der Waals surface area contributed by atoms with Gasteiger partial charge in [-0.2, -0.15) is 5.26 Å². The third-order valence-electron chi connectivity index (χ3n) is 2.63. The lowest BCUT2D eigenvalue weighted by atomic mass is 10.1. The number of hydrogen-bond donors (Lipinski definition) is 2. The van der Waals surface area contributed by atoms with Crippen LogP contribution in [0.2, 0.25) is 5.02 Å². The van der Waals surface area contributed by atoms with Crippen molar-refractivity contribution in [2.45, 2.75) is 19.8 Å². The average Bonchev–Trinajstić information content (AvgIpc) is 2.41. The van der Waals surface area contributed by atoms with Crippen molar-refractivity contribution < 1.29 is 9.90 Å². The van der Waals surface area contributed by atoms with Gasteiger partial charge in [0.05, 0.1) is 0 Å². The largest absolute Gasteiger partial charge is 0.511 e. The molecule has 0 bridgehead atoms. The van der Waals surface area contributed by atoms with Gasteiger partial charge in [0.2, 0.25) is 0 Å². The second kappa shape index (κ2) is 7.37. The predicted octanol–water partition coefficient (Wildman–Crippen LogP) is 3.89. The molecule has 0 heterocycles. The molecule has 0 atom stereocenters. The maximum Gasteiger partial charge on any atom is 0.269 e. The van der Waals surface area contributed by atoms with E-state index in [1.54, 1.807) is 37.3 Å². The molecule has 2 N–H and O–H groups in total. The van der Waals surface area contributed by atoms with Crippen LogP contribution in [0.3, 0.4) is 0 Å². The number of rotatable bonds is 5. The molecule has 4 nitrogen and oxygen atoms in total. The van der Waals surface area contributed by atoms with Gasteiger partial charge in [0.25, 0.3) is 5.91 Å². The summed E-state index contributed by atoms with van der Waals surface area (Å²) in [6.07, 6.45) is 2.30. The van der Waals surface area contributed by atoms with E-state index in [9.17, 15) is 9.90 Å². The summed E-state index contributed by atoms with van der Waals surface area (Å²) < 4.78 is 0. The lowest BCUT2D eigenvalue weighted by Crippen LogP contribution is -2.15. The van der Waals surface area contributed by atoms with Gasteiger partial charge in [-0.3, -0.25) is 4.79 Å². The van der Waals surface area contributed by atoms with E-state index in [-0.39, 0.29) is 17.8 Å². The van der Waals surface area contributed by atoms with Gasteiger partial charge in [0.15, 0.2) is 5.57 Å². The van der Waals surface area contributed by atoms with E-state index in [4.69, 9.17) is 16.9 Å². The van der Waals surface area contributed by atoms with E-state index in [1.807, 2.05) is 0 Å². The van der Waals surface area contributed by atoms with Crippen LogP contribution in [-0.2, 0) is 4.79 Å². The van der Waals surface area contributed by atoms with Crippen LogP contribution in [0, 0.1) is 18.3 Å². The molecule has 0 aliphatic rings. The van der Waals surface area contributed by atoms with Gasteiger partial charge in [0, 0.05) is 17.1 Å². The number of aliphatic hydroxyl groups excluding tert-OH is 1. The molecule has 0 aliphatic carbocycles. The van der Waals surface area contributed by atoms with Gasteiger partial charge in [0.1, 0.15) is 11.8 Å². The minimum atomic E-state index is -0.643. The average molecular weight is 291 g/mol. The number of hydrogen-bond acceptors (Lipinski definition) is 3. The van der Waals surface area contributed by atoms with E-state index in [0.717, 1.165) is 5.56 Å². The highest BCUT2D eigenvalue weighted by Gasteiger charge is 2.15. The van der Waals surface area contributed by atoms with Gasteiger partial charge >= 0.3 is 0 Å². The van der Waals surface area contributed by atoms with Crippen molar-refractivity contribution >= 4 is 23.2 Å². The number of aliphatic hydroxyl groups is 1. The molecule has 0 spiro atoms. The molecule has 1 rings (SSSR count). The van der Waals surface area contributed by atoms with Crippen LogP contribution in [0.4, 0.5) is 5.69 Å². The molecule has 0 aromatic heterocycles. The zero-order valence-corrected chi connectivity index (χ0v) is 11.9. The first-order valence-corrected chi connectivity index (χ1v) is 6.38. The quantitative estimate of drug-likeness (QED) is 0.374. The Labute approximate surface area is 123 Å². The summed E-state index contributed by atoms with van der Waals surface area (Å²) in [4.78, 5) is 11.9. The van der Waals surface area contributed by atoms with E-state index in [0.29, 0.717) is 17.1 Å². The van der Waals surface area contributed by atoms with Crippen molar-refractivity contribution in [1.82, 2.24) is 0 Å². The van der Waals surface area contributed by atoms with E-state index in [1.165, 1.54) is 0 Å². The van der Waals surface area contributed by atoms with Crippen LogP contribution < -0.4 is 5.32 Å². The Morgan fingerprint density at radius 2 is 2.30 bits per heavy atom. The summed E-state index contributed by atoms with van der Waals surface area (Å²) in [6, 6.07) is 6.69. The predicted molar refractivity (Wildman–Crippen MR) is 79.5 cm³/mol. The first kappa shape index (κ1) is 15.8. The fourth-order valence-electron chi connectivity index (χ4n) is 1.53. The number of anilines is 1. The number of nitrogens with one attached hydrogen (secondary N) is 1. The second-order valence-corrected chi connectivity index (χ2v) is 4.59. The number of allylic oxidation sites excluding steroid dienone is 2. The summed E-state index contributed by atoms with van der Waals surface area (Å²) in [6.45, 7) is 5.32. The fourth-order valence-corrected chi connectivity index (χ4v) is 1.64. The smallest absolute Gasteiger partial charge is 0.269 e. The number of benzene rings is 1. The molecule has 0 radical (unpaired) electrons. The Kier molecular flexibility index (Phi) is 5.82. The minimum Gasteiger partial charge on any atom is -0.511 e. The second-order valence-electron chi connectivity index (χ2n) is 4.18. The highest BCUT2D eigenvalue weighted by atomic mass is 35.5. The van der Waals surface area contributed by atoms with Crippen LogP contribution in [0.25, 0.3) is 0 Å². The van der Waals surface area contributed by atoms with Crippen molar-refractivity contribution in [1.29, 1.82) is 5.26 Å². The summed E-state index contributed by atoms with van der Waals surface area (Å²) >= 11 is 5.89. The zero-order chi connectivity index (χ0) is 15.1. The number of nitrogens with zero attached hydrogens (tertiary/aromatic N) is 1. The highest BCUT2D eigenvalue weighted by Crippen LogP contribution is 2.20. The van der Waals surface area contributed by atoms with Crippen molar-refractivity contribution in [3.63, 3.8) is 0 Å². The number of carbonyl (C=O) groups is 1. The highest BCUT2D eigenvalue weighted by molar-refractivity contribution is 6.31. The number of aryl methyl sites for hydroxylation is 1. The molecule has 0 unspecified atom stereocenters. The molecular formula is C15H15ClN2O2. The molecule has 0 fully saturated rings. The van der Waals surface area contributed by atoms with Gasteiger partial charge in [-0.15, -0.1) is 6.58 Å². The molecule has 5 heteroatoms. The first-order valence-electron chi connectivity index (χ1n) is 6.00. The molecule has 1 aromatic rings. The monoisotopic (exact) mass is 290 g/mol. The maximum absolute atomic E-state index is 11.9. The van der Waals surface area contributed by atoms with Crippen LogP contribution in [0.5, 0.6) is 0 Å². The Balaban J connectivity index is 2.90. The SMILES string of the molecule is C=CCCC(O)=C(C#N)C(=O)Nc1ccc(Cl)c(C)c1. The molecule has 0 aliphatic heterocycles. The Hall–Kier alpha value is -2.25. The molecular weight excluding hydrogens is 276 g/mol. The van der Waals surface area contributed by atoms with Crippen molar-refractivity contribution in [2.24, 2.45) is 0 Å². The van der Waals surface area contributed by atoms with Crippen molar-refractivity contribution in [2.75, 3.05) is 5.32 Å². The molecule has 1 amide bonds. The van der Waals surface area contributed by atoms with E-state index < -0.39 is 5.91 Å². The standard InChI is InChI=1S/C15H15ClN2O2/c1-3-4-5-14(19)12(9-17)15(20)18-11-6-7-13(16)10(2)8-11/h3,6-8,19H,1,4-5H2,2H3,(H,18,20). The third kappa shape index (κ3) is 4.15. The summed E-state index contributed by atoms with van der Waals surface area (Å²) in [5.41, 5.74) is 1.03. The van der Waals surface area contributed by atoms with Crippen LogP contribution in [0.1, 0.15) is 18.4 Å². The molecule has 1 aromatic carbocycles. The van der Waals surface area contributed by atoms with Crippen LogP contribution >= 0.6 is 11.6 Å². The Morgan fingerprint density at radius 3 is 2.85 bits per heavy atom. The molecule has 104 valence electrons. The normalized spacial score (nSPS) is 11.2. The van der Waals surface area contributed by atoms with Crippen LogP contribution in [0.15, 0.2) is 42.2 Å². The minimum absolute atomic E-state index is 0.208. The van der Waals surface area contributed by atoms with E-state index >= 15 is 0 Å². The summed E-state index contributed by atoms with van der Waals surface area (Å²) in [7, 11) is 0. The lowest BCUT2D eigenvalue weighted by Gasteiger charge is -2.07. The third-order valence-corrected chi connectivity index (χ3v) is 3.05. The van der Waals surface area contributed by atoms with Crippen molar-refractivity contribution in [3.05, 3.63) is 52.8 Å². The Morgan fingerprint density at radius 1 is 1.60 bits per heavy atom. The number of carbonyl (C=O) groups excluding carboxylic acids is 1. The van der Waals surface area contributed by atoms with E-state index in [2.05, 4.69) is 11.9 Å². The molecule has 0 saturated heterocycles. The number of nitriles is 1. The van der Waals surface area contributed by atoms with Gasteiger partial charge in [-0.25, -0.2) is 0 Å². The topological polar surface area (TPSA) is 73.1 Å². The van der Waals surface area contributed by atoms with Gasteiger partial charge in [-0.1, -0.05) is 17.7 Å². The van der Waals surface area contributed by atoms with Gasteiger partial charge < -0.3 is 10.4 Å². The number of halogens is 1. The fraction of sp³-hybridized carbons (Fsp3) is 0.200. The van der Waals surface area contributed by atoms with Crippen molar-refractivity contribution in [3.8, 4) is 6.07 Å².